The number of hydrogen-bond donors (Lipinski definition) is 1. The van der Waals surface area contributed by atoms with E-state index in [2.05, 4.69) is 20.8 Å². The molecule has 0 fully saturated rings. The molecule has 0 atom stereocenters. The van der Waals surface area contributed by atoms with Crippen LogP contribution >= 0.6 is 0 Å². The Morgan fingerprint density at radius 1 is 0.579 bits per heavy atom. The van der Waals surface area contributed by atoms with Crippen molar-refractivity contribution < 1.29 is 5.11 Å². The zero-order valence-electron chi connectivity index (χ0n) is 13.8. The smallest absolute Gasteiger partial charge is 0.0436 e. The first-order valence-electron chi connectivity index (χ1n) is 8.85. The second-order valence-electron chi connectivity index (χ2n) is 6.34. The summed E-state index contributed by atoms with van der Waals surface area (Å²) in [5.74, 6) is 0. The molecule has 0 aliphatic heterocycles. The molecule has 0 unspecified atom stereocenters. The fourth-order valence-corrected chi connectivity index (χ4v) is 3.24. The zero-order valence-corrected chi connectivity index (χ0v) is 13.8. The molecule has 0 bridgehead atoms. The summed E-state index contributed by atoms with van der Waals surface area (Å²) < 4.78 is 0. The summed E-state index contributed by atoms with van der Waals surface area (Å²) in [5, 5.41) is 9.47. The highest BCUT2D eigenvalue weighted by Gasteiger charge is 2.27. The molecule has 0 aromatic carbocycles. The second-order valence-corrected chi connectivity index (χ2v) is 6.34. The van der Waals surface area contributed by atoms with Crippen LogP contribution in [-0.2, 0) is 0 Å². The van der Waals surface area contributed by atoms with Crippen molar-refractivity contribution in [2.24, 2.45) is 5.41 Å². The number of aliphatic hydroxyl groups is 1. The summed E-state index contributed by atoms with van der Waals surface area (Å²) in [5.41, 5.74) is 0.453. The van der Waals surface area contributed by atoms with Crippen molar-refractivity contribution in [3.63, 3.8) is 0 Å². The third kappa shape index (κ3) is 9.49. The van der Waals surface area contributed by atoms with Crippen LogP contribution in [0.15, 0.2) is 0 Å². The number of aliphatic hydroxyl groups excluding tert-OH is 1. The van der Waals surface area contributed by atoms with Crippen LogP contribution in [0.25, 0.3) is 0 Å². The first-order chi connectivity index (χ1) is 9.24. The van der Waals surface area contributed by atoms with Gasteiger partial charge in [0.2, 0.25) is 0 Å². The van der Waals surface area contributed by atoms with Gasteiger partial charge in [-0.05, 0) is 31.1 Å². The zero-order chi connectivity index (χ0) is 14.4. The van der Waals surface area contributed by atoms with Gasteiger partial charge in [0.05, 0.1) is 0 Å². The van der Waals surface area contributed by atoms with E-state index in [-0.39, 0.29) is 0 Å². The molecule has 0 aromatic heterocycles. The molecular weight excluding hydrogens is 232 g/mol. The van der Waals surface area contributed by atoms with Crippen LogP contribution in [0, 0.1) is 5.41 Å². The molecule has 19 heavy (non-hydrogen) atoms. The summed E-state index contributed by atoms with van der Waals surface area (Å²) in [4.78, 5) is 0. The fourth-order valence-electron chi connectivity index (χ4n) is 3.24. The molecule has 0 saturated heterocycles. The van der Waals surface area contributed by atoms with Crippen molar-refractivity contribution in [2.45, 2.75) is 104 Å². The Morgan fingerprint density at radius 2 is 0.947 bits per heavy atom. The predicted molar refractivity (Wildman–Crippen MR) is 86.6 cm³/mol. The van der Waals surface area contributed by atoms with E-state index in [1.165, 1.54) is 77.0 Å². The van der Waals surface area contributed by atoms with Gasteiger partial charge in [0.25, 0.3) is 0 Å². The minimum atomic E-state index is 0.379. The average molecular weight is 271 g/mol. The topological polar surface area (TPSA) is 20.2 Å². The first kappa shape index (κ1) is 19.0. The largest absolute Gasteiger partial charge is 0.396 e. The van der Waals surface area contributed by atoms with Gasteiger partial charge in [-0.2, -0.15) is 0 Å². The molecule has 1 N–H and O–H groups in total. The van der Waals surface area contributed by atoms with Gasteiger partial charge < -0.3 is 5.11 Å². The fraction of sp³-hybridized carbons (Fsp3) is 1.00. The van der Waals surface area contributed by atoms with Crippen LogP contribution in [-0.4, -0.2) is 11.7 Å². The van der Waals surface area contributed by atoms with E-state index in [0.717, 1.165) is 6.42 Å². The van der Waals surface area contributed by atoms with Crippen LogP contribution in [0.5, 0.6) is 0 Å². The van der Waals surface area contributed by atoms with Crippen molar-refractivity contribution in [2.75, 3.05) is 6.61 Å². The van der Waals surface area contributed by atoms with Gasteiger partial charge in [0, 0.05) is 6.61 Å². The third-order valence-electron chi connectivity index (χ3n) is 4.57. The SMILES string of the molecule is CCCCCC(CCO)(CCCCC)CCCCC. The lowest BCUT2D eigenvalue weighted by atomic mass is 9.72. The van der Waals surface area contributed by atoms with Gasteiger partial charge in [-0.3, -0.25) is 0 Å². The van der Waals surface area contributed by atoms with Crippen LogP contribution in [0.3, 0.4) is 0 Å². The molecule has 0 amide bonds. The van der Waals surface area contributed by atoms with Crippen molar-refractivity contribution in [1.29, 1.82) is 0 Å². The summed E-state index contributed by atoms with van der Waals surface area (Å²) >= 11 is 0. The van der Waals surface area contributed by atoms with E-state index in [9.17, 15) is 5.11 Å². The molecule has 0 heterocycles. The molecular formula is C18H38O. The number of hydrogen-bond acceptors (Lipinski definition) is 1. The molecule has 0 aliphatic rings. The minimum absolute atomic E-state index is 0.379. The summed E-state index contributed by atoms with van der Waals surface area (Å²) in [7, 11) is 0. The van der Waals surface area contributed by atoms with Gasteiger partial charge in [-0.25, -0.2) is 0 Å². The summed E-state index contributed by atoms with van der Waals surface area (Å²) in [6.45, 7) is 7.22. The Bertz CT molecular complexity index is 150. The van der Waals surface area contributed by atoms with E-state index < -0.39 is 0 Å². The van der Waals surface area contributed by atoms with Gasteiger partial charge in [-0.1, -0.05) is 78.6 Å². The van der Waals surface area contributed by atoms with Crippen LogP contribution in [0.2, 0.25) is 0 Å². The van der Waals surface area contributed by atoms with E-state index in [0.29, 0.717) is 12.0 Å². The average Bonchev–Trinajstić information content (AvgIpc) is 2.40. The lowest BCUT2D eigenvalue weighted by molar-refractivity contribution is 0.133. The van der Waals surface area contributed by atoms with Gasteiger partial charge in [0.1, 0.15) is 0 Å². The molecule has 0 saturated carbocycles. The Morgan fingerprint density at radius 3 is 1.21 bits per heavy atom. The van der Waals surface area contributed by atoms with Gasteiger partial charge in [0.15, 0.2) is 0 Å². The molecule has 0 radical (unpaired) electrons. The summed E-state index contributed by atoms with van der Waals surface area (Å²) in [6, 6.07) is 0. The Balaban J connectivity index is 4.37. The summed E-state index contributed by atoms with van der Waals surface area (Å²) in [6.07, 6.45) is 17.1. The number of rotatable bonds is 14. The Hall–Kier alpha value is -0.0400. The normalized spacial score (nSPS) is 12.0. The lowest BCUT2D eigenvalue weighted by Crippen LogP contribution is -2.23. The molecule has 0 rings (SSSR count). The molecule has 1 heteroatoms. The highest BCUT2D eigenvalue weighted by atomic mass is 16.3. The van der Waals surface area contributed by atoms with Crippen molar-refractivity contribution in [3.05, 3.63) is 0 Å². The minimum Gasteiger partial charge on any atom is -0.396 e. The maximum absolute atomic E-state index is 9.47. The van der Waals surface area contributed by atoms with Crippen LogP contribution < -0.4 is 0 Å². The quantitative estimate of drug-likeness (QED) is 0.378. The van der Waals surface area contributed by atoms with E-state index >= 15 is 0 Å². The highest BCUT2D eigenvalue weighted by Crippen LogP contribution is 2.40. The lowest BCUT2D eigenvalue weighted by Gasteiger charge is -2.34. The van der Waals surface area contributed by atoms with Crippen LogP contribution in [0.1, 0.15) is 104 Å². The Labute approximate surface area is 122 Å². The molecule has 116 valence electrons. The molecule has 0 aliphatic carbocycles. The third-order valence-corrected chi connectivity index (χ3v) is 4.57. The molecule has 0 aromatic rings. The highest BCUT2D eigenvalue weighted by molar-refractivity contribution is 4.79. The van der Waals surface area contributed by atoms with E-state index in [1.54, 1.807) is 0 Å². The van der Waals surface area contributed by atoms with Crippen molar-refractivity contribution in [1.82, 2.24) is 0 Å². The van der Waals surface area contributed by atoms with E-state index in [1.807, 2.05) is 0 Å². The monoisotopic (exact) mass is 270 g/mol. The van der Waals surface area contributed by atoms with Gasteiger partial charge >= 0.3 is 0 Å². The van der Waals surface area contributed by atoms with Crippen molar-refractivity contribution >= 4 is 0 Å². The maximum Gasteiger partial charge on any atom is 0.0436 e. The predicted octanol–water partition coefficient (Wildman–Crippen LogP) is 6.10. The standard InChI is InChI=1S/C18H38O/c1-4-7-10-13-18(16-17-19,14-11-8-5-2)15-12-9-6-3/h19H,4-17H2,1-3H3. The number of unbranched alkanes of at least 4 members (excludes halogenated alkanes) is 6. The second kappa shape index (κ2) is 13.0. The van der Waals surface area contributed by atoms with Crippen molar-refractivity contribution in [3.8, 4) is 0 Å². The van der Waals surface area contributed by atoms with Gasteiger partial charge in [-0.15, -0.1) is 0 Å². The van der Waals surface area contributed by atoms with E-state index in [4.69, 9.17) is 0 Å². The maximum atomic E-state index is 9.47. The molecule has 1 nitrogen and oxygen atoms in total. The van der Waals surface area contributed by atoms with Crippen LogP contribution in [0.4, 0.5) is 0 Å². The first-order valence-corrected chi connectivity index (χ1v) is 8.85. The molecule has 0 spiro atoms. The Kier molecular flexibility index (Phi) is 12.9.